The second kappa shape index (κ2) is 11.1. The molecule has 0 aliphatic carbocycles. The minimum Gasteiger partial charge on any atom is -0.506 e. The number of aliphatic hydroxyl groups excluding tert-OH is 1. The van der Waals surface area contributed by atoms with Crippen LogP contribution >= 0.6 is 11.8 Å². The number of esters is 1. The van der Waals surface area contributed by atoms with Crippen LogP contribution in [0.15, 0.2) is 69.8 Å². The smallest absolute Gasteiger partial charge is 0.344 e. The van der Waals surface area contributed by atoms with Crippen molar-refractivity contribution in [2.24, 2.45) is 4.99 Å². The zero-order valence-electron chi connectivity index (χ0n) is 17.8. The van der Waals surface area contributed by atoms with Crippen molar-refractivity contribution in [3.05, 3.63) is 70.3 Å². The Balaban J connectivity index is 2.00. The van der Waals surface area contributed by atoms with Crippen molar-refractivity contribution in [1.29, 1.82) is 0 Å². The van der Waals surface area contributed by atoms with Gasteiger partial charge in [0.1, 0.15) is 23.0 Å². The van der Waals surface area contributed by atoms with E-state index in [9.17, 15) is 9.90 Å². The van der Waals surface area contributed by atoms with Crippen LogP contribution in [-0.4, -0.2) is 35.9 Å². The average molecular weight is 450 g/mol. The Morgan fingerprint density at radius 3 is 2.59 bits per heavy atom. The Kier molecular flexibility index (Phi) is 8.01. The lowest BCUT2D eigenvalue weighted by molar-refractivity contribution is -0.138. The Morgan fingerprint density at radius 2 is 1.91 bits per heavy atom. The number of aliphatic hydroxyl groups is 1. The molecule has 3 rings (SSSR count). The summed E-state index contributed by atoms with van der Waals surface area (Å²) in [5.74, 6) is 2.70. The van der Waals surface area contributed by atoms with E-state index in [0.717, 1.165) is 5.56 Å². The summed E-state index contributed by atoms with van der Waals surface area (Å²) in [4.78, 5) is 17.5. The standard InChI is InChI=1S/C25H23NO5S/c1-4-14-31-19-13-12-17(15-20(19)29-5-2)16-21-23(27)22(25(28)30-6-3)24(32-21)26-18-10-8-7-9-11-18/h1,7-13,15-16,27H,5-6,14H2,2-3H3. The largest absolute Gasteiger partial charge is 0.506 e. The van der Waals surface area contributed by atoms with E-state index >= 15 is 0 Å². The van der Waals surface area contributed by atoms with Gasteiger partial charge in [-0.05, 0) is 49.8 Å². The van der Waals surface area contributed by atoms with Crippen LogP contribution < -0.4 is 9.47 Å². The van der Waals surface area contributed by atoms with E-state index in [1.54, 1.807) is 25.1 Å². The molecule has 2 aromatic rings. The van der Waals surface area contributed by atoms with E-state index in [1.165, 1.54) is 11.8 Å². The van der Waals surface area contributed by atoms with Crippen LogP contribution in [0.2, 0.25) is 0 Å². The molecular formula is C25H23NO5S. The van der Waals surface area contributed by atoms with Crippen LogP contribution in [0.25, 0.3) is 6.08 Å². The molecule has 2 aromatic carbocycles. The van der Waals surface area contributed by atoms with Gasteiger partial charge in [0.2, 0.25) is 0 Å². The van der Waals surface area contributed by atoms with Crippen molar-refractivity contribution in [1.82, 2.24) is 0 Å². The number of benzene rings is 2. The van der Waals surface area contributed by atoms with Gasteiger partial charge < -0.3 is 19.3 Å². The molecule has 0 aromatic heterocycles. The first-order valence-electron chi connectivity index (χ1n) is 10.0. The maximum Gasteiger partial charge on any atom is 0.344 e. The Labute approximate surface area is 191 Å². The third kappa shape index (κ3) is 5.54. The van der Waals surface area contributed by atoms with E-state index in [4.69, 9.17) is 20.6 Å². The summed E-state index contributed by atoms with van der Waals surface area (Å²) in [6.07, 6.45) is 7.02. The van der Waals surface area contributed by atoms with E-state index in [2.05, 4.69) is 10.9 Å². The molecule has 7 heteroatoms. The van der Waals surface area contributed by atoms with Crippen molar-refractivity contribution >= 4 is 34.5 Å². The highest BCUT2D eigenvalue weighted by molar-refractivity contribution is 8.18. The quantitative estimate of drug-likeness (QED) is 0.436. The fourth-order valence-corrected chi connectivity index (χ4v) is 3.92. The molecule has 0 bridgehead atoms. The van der Waals surface area contributed by atoms with Crippen molar-refractivity contribution in [2.45, 2.75) is 13.8 Å². The SMILES string of the molecule is C#CCOc1ccc(C=C2SC(=Nc3ccccc3)C(C(=O)OCC)=C2O)cc1OCC. The second-order valence-electron chi connectivity index (χ2n) is 6.44. The molecule has 1 N–H and O–H groups in total. The third-order valence-corrected chi connectivity index (χ3v) is 5.25. The normalized spacial score (nSPS) is 15.7. The van der Waals surface area contributed by atoms with Gasteiger partial charge in [0.15, 0.2) is 11.5 Å². The van der Waals surface area contributed by atoms with Crippen LogP contribution in [0.5, 0.6) is 11.5 Å². The number of para-hydroxylation sites is 1. The van der Waals surface area contributed by atoms with E-state index in [-0.39, 0.29) is 24.5 Å². The maximum absolute atomic E-state index is 12.5. The van der Waals surface area contributed by atoms with Crippen LogP contribution in [0.4, 0.5) is 5.69 Å². The number of rotatable bonds is 8. The molecule has 0 atom stereocenters. The van der Waals surface area contributed by atoms with E-state index in [1.807, 2.05) is 43.3 Å². The highest BCUT2D eigenvalue weighted by atomic mass is 32.2. The van der Waals surface area contributed by atoms with Crippen LogP contribution in [0.1, 0.15) is 19.4 Å². The Bertz CT molecular complexity index is 1110. The second-order valence-corrected chi connectivity index (χ2v) is 7.47. The average Bonchev–Trinajstić information content (AvgIpc) is 3.09. The van der Waals surface area contributed by atoms with E-state index < -0.39 is 5.97 Å². The van der Waals surface area contributed by atoms with Gasteiger partial charge in [-0.15, -0.1) is 6.42 Å². The number of carbonyl (C=O) groups is 1. The van der Waals surface area contributed by atoms with Crippen LogP contribution in [-0.2, 0) is 9.53 Å². The Morgan fingerprint density at radius 1 is 1.12 bits per heavy atom. The van der Waals surface area contributed by atoms with Crippen molar-refractivity contribution in [3.63, 3.8) is 0 Å². The lowest BCUT2D eigenvalue weighted by atomic mass is 10.1. The lowest BCUT2D eigenvalue weighted by Gasteiger charge is -2.11. The summed E-state index contributed by atoms with van der Waals surface area (Å²) in [6, 6.07) is 14.6. The molecule has 0 radical (unpaired) electrons. The van der Waals surface area contributed by atoms with Gasteiger partial charge in [0, 0.05) is 0 Å². The van der Waals surface area contributed by atoms with Gasteiger partial charge in [0.05, 0.1) is 23.8 Å². The molecule has 0 saturated carbocycles. The molecule has 0 unspecified atom stereocenters. The fraction of sp³-hybridized carbons (Fsp3) is 0.200. The first-order chi connectivity index (χ1) is 15.6. The summed E-state index contributed by atoms with van der Waals surface area (Å²) >= 11 is 1.20. The highest BCUT2D eigenvalue weighted by Crippen LogP contribution is 2.41. The predicted octanol–water partition coefficient (Wildman–Crippen LogP) is 5.29. The number of thioether (sulfide) groups is 1. The minimum atomic E-state index is -0.622. The zero-order chi connectivity index (χ0) is 22.9. The molecule has 1 aliphatic heterocycles. The van der Waals surface area contributed by atoms with Crippen molar-refractivity contribution < 1.29 is 24.1 Å². The monoisotopic (exact) mass is 449 g/mol. The molecule has 1 aliphatic rings. The highest BCUT2D eigenvalue weighted by Gasteiger charge is 2.33. The first kappa shape index (κ1) is 23.0. The molecule has 32 heavy (non-hydrogen) atoms. The first-order valence-corrected chi connectivity index (χ1v) is 10.9. The topological polar surface area (TPSA) is 77.4 Å². The van der Waals surface area contributed by atoms with Crippen LogP contribution in [0, 0.1) is 12.3 Å². The van der Waals surface area contributed by atoms with Gasteiger partial charge in [-0.25, -0.2) is 9.79 Å². The summed E-state index contributed by atoms with van der Waals surface area (Å²) in [7, 11) is 0. The number of ether oxygens (including phenoxy) is 3. The maximum atomic E-state index is 12.5. The van der Waals surface area contributed by atoms with Gasteiger partial charge >= 0.3 is 5.97 Å². The summed E-state index contributed by atoms with van der Waals surface area (Å²) < 4.78 is 16.3. The predicted molar refractivity (Wildman–Crippen MR) is 127 cm³/mol. The summed E-state index contributed by atoms with van der Waals surface area (Å²) in [5, 5.41) is 11.2. The summed E-state index contributed by atoms with van der Waals surface area (Å²) in [6.45, 7) is 4.35. The molecule has 164 valence electrons. The minimum absolute atomic E-state index is 0.0472. The van der Waals surface area contributed by atoms with Gasteiger partial charge in [-0.1, -0.05) is 41.9 Å². The molecule has 6 nitrogen and oxygen atoms in total. The van der Waals surface area contributed by atoms with Crippen molar-refractivity contribution in [3.8, 4) is 23.8 Å². The number of terminal acetylenes is 1. The summed E-state index contributed by atoms with van der Waals surface area (Å²) in [5.41, 5.74) is 1.46. The number of hydrogen-bond donors (Lipinski definition) is 1. The van der Waals surface area contributed by atoms with Crippen molar-refractivity contribution in [2.75, 3.05) is 19.8 Å². The van der Waals surface area contributed by atoms with E-state index in [0.29, 0.717) is 33.7 Å². The fourth-order valence-electron chi connectivity index (χ4n) is 2.88. The number of nitrogens with zero attached hydrogens (tertiary/aromatic N) is 1. The number of hydrogen-bond acceptors (Lipinski definition) is 7. The molecular weight excluding hydrogens is 426 g/mol. The molecule has 1 heterocycles. The van der Waals surface area contributed by atoms with Gasteiger partial charge in [-0.2, -0.15) is 0 Å². The number of carbonyl (C=O) groups excluding carboxylic acids is 1. The molecule has 0 fully saturated rings. The molecule has 0 amide bonds. The lowest BCUT2D eigenvalue weighted by Crippen LogP contribution is -2.12. The Hall–Kier alpha value is -3.63. The molecule has 0 saturated heterocycles. The van der Waals surface area contributed by atoms with Gasteiger partial charge in [-0.3, -0.25) is 0 Å². The van der Waals surface area contributed by atoms with Crippen LogP contribution in [0.3, 0.4) is 0 Å². The number of aliphatic imine (C=N–C) groups is 1. The van der Waals surface area contributed by atoms with Gasteiger partial charge in [0.25, 0.3) is 0 Å². The molecule has 0 spiro atoms. The third-order valence-electron chi connectivity index (χ3n) is 4.23. The zero-order valence-corrected chi connectivity index (χ0v) is 18.6.